The summed E-state index contributed by atoms with van der Waals surface area (Å²) in [6, 6.07) is 17.1. The van der Waals surface area contributed by atoms with Crippen molar-refractivity contribution >= 4 is 48.6 Å². The third kappa shape index (κ3) is 11.0. The van der Waals surface area contributed by atoms with Crippen LogP contribution in [-0.2, 0) is 0 Å². The molecule has 5 N–H and O–H groups in total. The van der Waals surface area contributed by atoms with Gasteiger partial charge in [-0.1, -0.05) is 24.3 Å². The first-order chi connectivity index (χ1) is 10.7. The first kappa shape index (κ1) is 25.9. The monoisotopic (exact) mass is 409 g/mol. The van der Waals surface area contributed by atoms with Crippen LogP contribution in [0.5, 0.6) is 5.75 Å². The lowest BCUT2D eigenvalue weighted by molar-refractivity contribution is 0.107. The minimum Gasteiger partial charge on any atom is -0.491 e. The lowest BCUT2D eigenvalue weighted by atomic mass is 10.3. The Balaban J connectivity index is 0. The number of anilines is 2. The van der Waals surface area contributed by atoms with Crippen molar-refractivity contribution in [2.24, 2.45) is 0 Å². The summed E-state index contributed by atoms with van der Waals surface area (Å²) in [4.78, 5) is 0. The first-order valence-electron chi connectivity index (χ1n) is 7.40. The van der Waals surface area contributed by atoms with Gasteiger partial charge in [0.25, 0.3) is 0 Å². The van der Waals surface area contributed by atoms with E-state index in [1.165, 1.54) is 0 Å². The second-order valence-electron chi connectivity index (χ2n) is 5.03. The number of nitrogens with one attached hydrogen (secondary N) is 2. The maximum Gasteiger partial charge on any atom is 0.119 e. The number of ether oxygens (including phenoxy) is 1. The lowest BCUT2D eigenvalue weighted by Crippen LogP contribution is -2.34. The fourth-order valence-corrected chi connectivity index (χ4v) is 1.98. The van der Waals surface area contributed by atoms with E-state index >= 15 is 0 Å². The Bertz CT molecular complexity index is 562. The third-order valence-electron chi connectivity index (χ3n) is 3.08. The standard InChI is InChI=1S/C17H23N3O2.3ClH/c18-14-5-4-6-15(11-14)20-10-9-19-12-16(21)13-22-17-7-2-1-3-8-17;;;/h1-8,11,16,19-21H,9-10,12-13,18H2;3*1H. The van der Waals surface area contributed by atoms with Crippen molar-refractivity contribution in [2.75, 3.05) is 37.3 Å². The zero-order valence-electron chi connectivity index (χ0n) is 13.8. The molecule has 2 aromatic carbocycles. The molecule has 0 saturated carbocycles. The van der Waals surface area contributed by atoms with E-state index in [4.69, 9.17) is 10.5 Å². The zero-order valence-corrected chi connectivity index (χ0v) is 16.2. The maximum absolute atomic E-state index is 9.84. The number of benzene rings is 2. The molecule has 142 valence electrons. The summed E-state index contributed by atoms with van der Waals surface area (Å²) in [7, 11) is 0. The molecule has 1 unspecified atom stereocenters. The van der Waals surface area contributed by atoms with Gasteiger partial charge in [0.1, 0.15) is 18.5 Å². The van der Waals surface area contributed by atoms with Crippen LogP contribution in [-0.4, -0.2) is 37.5 Å². The quantitative estimate of drug-likeness (QED) is 0.377. The molecule has 0 aliphatic heterocycles. The molecule has 8 heteroatoms. The van der Waals surface area contributed by atoms with Crippen molar-refractivity contribution < 1.29 is 9.84 Å². The number of rotatable bonds is 9. The lowest BCUT2D eigenvalue weighted by Gasteiger charge is -2.13. The fourth-order valence-electron chi connectivity index (χ4n) is 1.98. The average Bonchev–Trinajstić information content (AvgIpc) is 2.54. The molecule has 25 heavy (non-hydrogen) atoms. The summed E-state index contributed by atoms with van der Waals surface area (Å²) in [5, 5.41) is 16.3. The van der Waals surface area contributed by atoms with Gasteiger partial charge in [0.05, 0.1) is 0 Å². The van der Waals surface area contributed by atoms with Gasteiger partial charge in [-0.2, -0.15) is 0 Å². The van der Waals surface area contributed by atoms with E-state index in [1.807, 2.05) is 54.6 Å². The minimum absolute atomic E-state index is 0. The Morgan fingerprint density at radius 1 is 0.960 bits per heavy atom. The van der Waals surface area contributed by atoms with E-state index in [0.717, 1.165) is 30.2 Å². The Kier molecular flexibility index (Phi) is 15.4. The van der Waals surface area contributed by atoms with Crippen LogP contribution in [0.1, 0.15) is 0 Å². The van der Waals surface area contributed by atoms with Crippen LogP contribution < -0.4 is 21.1 Å². The number of halogens is 3. The number of nitrogens with two attached hydrogens (primary N) is 1. The van der Waals surface area contributed by atoms with Gasteiger partial charge in [-0.05, 0) is 30.3 Å². The predicted molar refractivity (Wildman–Crippen MR) is 112 cm³/mol. The van der Waals surface area contributed by atoms with Crippen molar-refractivity contribution in [3.05, 3.63) is 54.6 Å². The van der Waals surface area contributed by atoms with Crippen molar-refractivity contribution in [3.63, 3.8) is 0 Å². The van der Waals surface area contributed by atoms with Crippen molar-refractivity contribution in [1.29, 1.82) is 0 Å². The Hall–Kier alpha value is -1.37. The molecule has 0 amide bonds. The average molecular weight is 411 g/mol. The van der Waals surface area contributed by atoms with Gasteiger partial charge in [-0.3, -0.25) is 0 Å². The molecule has 0 aliphatic rings. The zero-order chi connectivity index (χ0) is 15.6. The highest BCUT2D eigenvalue weighted by Gasteiger charge is 2.04. The fraction of sp³-hybridized carbons (Fsp3) is 0.294. The first-order valence-corrected chi connectivity index (χ1v) is 7.40. The van der Waals surface area contributed by atoms with E-state index in [2.05, 4.69) is 10.6 Å². The number of aliphatic hydroxyl groups is 1. The molecule has 0 bridgehead atoms. The summed E-state index contributed by atoms with van der Waals surface area (Å²) in [5.74, 6) is 0.768. The van der Waals surface area contributed by atoms with E-state index in [1.54, 1.807) is 0 Å². The van der Waals surface area contributed by atoms with Gasteiger partial charge >= 0.3 is 0 Å². The number of hydrogen-bond acceptors (Lipinski definition) is 5. The van der Waals surface area contributed by atoms with Crippen LogP contribution in [0.15, 0.2) is 54.6 Å². The predicted octanol–water partition coefficient (Wildman–Crippen LogP) is 2.98. The molecule has 2 aromatic rings. The van der Waals surface area contributed by atoms with Crippen molar-refractivity contribution in [1.82, 2.24) is 5.32 Å². The number of nitrogen functional groups attached to an aromatic ring is 1. The highest BCUT2D eigenvalue weighted by Crippen LogP contribution is 2.11. The molecule has 0 radical (unpaired) electrons. The molecule has 5 nitrogen and oxygen atoms in total. The molecule has 0 aliphatic carbocycles. The third-order valence-corrected chi connectivity index (χ3v) is 3.08. The molecule has 0 heterocycles. The minimum atomic E-state index is -0.535. The van der Waals surface area contributed by atoms with Gasteiger partial charge in [0.2, 0.25) is 0 Å². The van der Waals surface area contributed by atoms with E-state index in [-0.39, 0.29) is 43.8 Å². The van der Waals surface area contributed by atoms with E-state index in [9.17, 15) is 5.11 Å². The van der Waals surface area contributed by atoms with Gasteiger partial charge in [0.15, 0.2) is 0 Å². The summed E-state index contributed by atoms with van der Waals surface area (Å²) in [6.07, 6.45) is -0.535. The molecule has 0 fully saturated rings. The smallest absolute Gasteiger partial charge is 0.119 e. The summed E-state index contributed by atoms with van der Waals surface area (Å²) >= 11 is 0. The Labute approximate surface area is 167 Å². The van der Waals surface area contributed by atoms with Crippen LogP contribution in [0.2, 0.25) is 0 Å². The van der Waals surface area contributed by atoms with Gasteiger partial charge in [-0.25, -0.2) is 0 Å². The van der Waals surface area contributed by atoms with Crippen molar-refractivity contribution in [3.8, 4) is 5.75 Å². The van der Waals surface area contributed by atoms with Gasteiger partial charge < -0.3 is 26.2 Å². The summed E-state index contributed by atoms with van der Waals surface area (Å²) in [6.45, 7) is 2.28. The number of hydrogen-bond donors (Lipinski definition) is 4. The topological polar surface area (TPSA) is 79.5 Å². The normalized spacial score (nSPS) is 10.4. The molecule has 0 saturated heterocycles. The molecule has 0 spiro atoms. The maximum atomic E-state index is 9.84. The SMILES string of the molecule is Cl.Cl.Cl.Nc1cccc(NCCNCC(O)COc2ccccc2)c1. The molecular formula is C17H26Cl3N3O2. The van der Waals surface area contributed by atoms with Gasteiger partial charge in [0, 0.05) is 31.0 Å². The molecule has 0 aromatic heterocycles. The van der Waals surface area contributed by atoms with Crippen LogP contribution in [0.3, 0.4) is 0 Å². The second kappa shape index (κ2) is 14.9. The van der Waals surface area contributed by atoms with Crippen LogP contribution in [0.25, 0.3) is 0 Å². The number of para-hydroxylation sites is 1. The molecular weight excluding hydrogens is 385 g/mol. The van der Waals surface area contributed by atoms with Crippen LogP contribution in [0.4, 0.5) is 11.4 Å². The summed E-state index contributed by atoms with van der Waals surface area (Å²) < 4.78 is 5.49. The highest BCUT2D eigenvalue weighted by molar-refractivity contribution is 5.86. The largest absolute Gasteiger partial charge is 0.491 e. The van der Waals surface area contributed by atoms with Crippen LogP contribution in [0, 0.1) is 0 Å². The van der Waals surface area contributed by atoms with E-state index in [0.29, 0.717) is 6.54 Å². The van der Waals surface area contributed by atoms with Crippen molar-refractivity contribution in [2.45, 2.75) is 6.10 Å². The molecule has 2 rings (SSSR count). The molecule has 1 atom stereocenters. The Morgan fingerprint density at radius 3 is 2.36 bits per heavy atom. The number of aliphatic hydroxyl groups excluding tert-OH is 1. The summed E-state index contributed by atoms with van der Waals surface area (Å²) in [5.41, 5.74) is 7.44. The van der Waals surface area contributed by atoms with Crippen LogP contribution >= 0.6 is 37.2 Å². The highest BCUT2D eigenvalue weighted by atomic mass is 35.5. The Morgan fingerprint density at radius 2 is 1.68 bits per heavy atom. The van der Waals surface area contributed by atoms with Gasteiger partial charge in [-0.15, -0.1) is 37.2 Å². The second-order valence-corrected chi connectivity index (χ2v) is 5.03. The van der Waals surface area contributed by atoms with E-state index < -0.39 is 6.10 Å².